The molecule has 0 radical (unpaired) electrons. The van der Waals surface area contributed by atoms with Crippen LogP contribution >= 0.6 is 0 Å². The molecule has 2 heterocycles. The van der Waals surface area contributed by atoms with Gasteiger partial charge in [0, 0.05) is 24.5 Å². The molecule has 1 aromatic heterocycles. The van der Waals surface area contributed by atoms with E-state index in [1.54, 1.807) is 0 Å². The predicted molar refractivity (Wildman–Crippen MR) is 78.3 cm³/mol. The van der Waals surface area contributed by atoms with E-state index in [9.17, 15) is 0 Å². The van der Waals surface area contributed by atoms with E-state index in [2.05, 4.69) is 27.2 Å². The van der Waals surface area contributed by atoms with Crippen molar-refractivity contribution >= 4 is 5.95 Å². The molecule has 0 amide bonds. The normalized spacial score (nSPS) is 18.5. The third-order valence-electron chi connectivity index (χ3n) is 3.82. The summed E-state index contributed by atoms with van der Waals surface area (Å²) in [6, 6.07) is 0. The summed E-state index contributed by atoms with van der Waals surface area (Å²) in [5, 5.41) is 3.25. The maximum absolute atomic E-state index is 5.69. The zero-order chi connectivity index (χ0) is 13.9. The van der Waals surface area contributed by atoms with Crippen LogP contribution in [-0.4, -0.2) is 47.1 Å². The Balaban J connectivity index is 1.98. The molecule has 0 unspecified atom stereocenters. The van der Waals surface area contributed by atoms with E-state index in [0.29, 0.717) is 18.4 Å². The minimum absolute atomic E-state index is 0.172. The molecule has 0 atom stereocenters. The first-order valence-electron chi connectivity index (χ1n) is 6.99. The number of likely N-dealkylation sites (tertiary alicyclic amines) is 1. The summed E-state index contributed by atoms with van der Waals surface area (Å²) in [6.45, 7) is 6.95. The molecular weight excluding hydrogens is 238 g/mol. The van der Waals surface area contributed by atoms with Crippen LogP contribution in [0.3, 0.4) is 0 Å². The monoisotopic (exact) mass is 263 g/mol. The number of aromatic nitrogens is 2. The van der Waals surface area contributed by atoms with Crippen molar-refractivity contribution in [1.29, 1.82) is 0 Å². The highest BCUT2D eigenvalue weighted by Gasteiger charge is 2.20. The van der Waals surface area contributed by atoms with Crippen molar-refractivity contribution in [2.45, 2.75) is 38.1 Å². The summed E-state index contributed by atoms with van der Waals surface area (Å²) in [7, 11) is 2.18. The highest BCUT2D eigenvalue weighted by molar-refractivity contribution is 5.29. The summed E-state index contributed by atoms with van der Waals surface area (Å²) in [4.78, 5) is 11.2. The molecule has 1 saturated heterocycles. The van der Waals surface area contributed by atoms with E-state index >= 15 is 0 Å². The van der Waals surface area contributed by atoms with Gasteiger partial charge in [0.15, 0.2) is 0 Å². The molecule has 2 rings (SSSR count). The van der Waals surface area contributed by atoms with E-state index < -0.39 is 0 Å². The zero-order valence-electron chi connectivity index (χ0n) is 12.2. The second-order valence-corrected chi connectivity index (χ2v) is 6.13. The lowest BCUT2D eigenvalue weighted by atomic mass is 9.92. The number of nitrogens with two attached hydrogens (primary N) is 1. The van der Waals surface area contributed by atoms with Gasteiger partial charge in [-0.2, -0.15) is 0 Å². The molecule has 0 spiro atoms. The first-order valence-corrected chi connectivity index (χ1v) is 6.99. The Morgan fingerprint density at radius 2 is 1.89 bits per heavy atom. The van der Waals surface area contributed by atoms with Crippen LogP contribution in [0.4, 0.5) is 5.95 Å². The molecule has 106 valence electrons. The highest BCUT2D eigenvalue weighted by Crippen LogP contribution is 2.26. The van der Waals surface area contributed by atoms with Gasteiger partial charge < -0.3 is 16.0 Å². The van der Waals surface area contributed by atoms with Crippen LogP contribution in [0.2, 0.25) is 0 Å². The molecule has 19 heavy (non-hydrogen) atoms. The summed E-state index contributed by atoms with van der Waals surface area (Å²) in [5.74, 6) is 1.26. The van der Waals surface area contributed by atoms with Gasteiger partial charge in [-0.3, -0.25) is 0 Å². The summed E-state index contributed by atoms with van der Waals surface area (Å²) in [6.07, 6.45) is 6.30. The first-order chi connectivity index (χ1) is 9.00. The van der Waals surface area contributed by atoms with Crippen LogP contribution < -0.4 is 11.1 Å². The van der Waals surface area contributed by atoms with E-state index in [1.165, 1.54) is 18.4 Å². The molecule has 1 aliphatic rings. The van der Waals surface area contributed by atoms with E-state index in [-0.39, 0.29) is 5.54 Å². The van der Waals surface area contributed by atoms with Gasteiger partial charge in [0.25, 0.3) is 0 Å². The van der Waals surface area contributed by atoms with Gasteiger partial charge in [-0.1, -0.05) is 0 Å². The van der Waals surface area contributed by atoms with Crippen molar-refractivity contribution in [2.75, 3.05) is 32.0 Å². The van der Waals surface area contributed by atoms with Crippen molar-refractivity contribution in [1.82, 2.24) is 14.9 Å². The number of anilines is 1. The maximum Gasteiger partial charge on any atom is 0.223 e. The predicted octanol–water partition coefficient (Wildman–Crippen LogP) is 1.44. The van der Waals surface area contributed by atoms with Crippen LogP contribution in [0.25, 0.3) is 0 Å². The molecule has 0 aliphatic carbocycles. The van der Waals surface area contributed by atoms with Crippen LogP contribution in [0, 0.1) is 0 Å². The fraction of sp³-hybridized carbons (Fsp3) is 0.714. The molecular formula is C14H25N5. The molecule has 3 N–H and O–H groups in total. The standard InChI is InChI=1S/C14H25N5/c1-14(2,10-15)18-13-16-8-12(9-17-13)11-4-6-19(3)7-5-11/h8-9,11H,4-7,10,15H2,1-3H3,(H,16,17,18). The van der Waals surface area contributed by atoms with Crippen LogP contribution in [-0.2, 0) is 0 Å². The molecule has 1 aliphatic heterocycles. The topological polar surface area (TPSA) is 67.1 Å². The van der Waals surface area contributed by atoms with Crippen molar-refractivity contribution in [3.63, 3.8) is 0 Å². The average Bonchev–Trinajstić information content (AvgIpc) is 2.40. The molecule has 0 aromatic carbocycles. The molecule has 0 saturated carbocycles. The SMILES string of the molecule is CN1CCC(c2cnc(NC(C)(C)CN)nc2)CC1. The fourth-order valence-corrected chi connectivity index (χ4v) is 2.31. The molecule has 5 heteroatoms. The average molecular weight is 263 g/mol. The number of nitrogens with one attached hydrogen (secondary N) is 1. The Kier molecular flexibility index (Phi) is 4.37. The Morgan fingerprint density at radius 3 is 2.42 bits per heavy atom. The van der Waals surface area contributed by atoms with Crippen LogP contribution in [0.5, 0.6) is 0 Å². The Morgan fingerprint density at radius 1 is 1.32 bits per heavy atom. The zero-order valence-corrected chi connectivity index (χ0v) is 12.2. The van der Waals surface area contributed by atoms with Gasteiger partial charge in [0.2, 0.25) is 5.95 Å². The second kappa shape index (κ2) is 5.84. The third-order valence-corrected chi connectivity index (χ3v) is 3.82. The lowest BCUT2D eigenvalue weighted by molar-refractivity contribution is 0.255. The Hall–Kier alpha value is -1.20. The second-order valence-electron chi connectivity index (χ2n) is 6.13. The summed E-state index contributed by atoms with van der Waals surface area (Å²) in [5.41, 5.74) is 6.77. The van der Waals surface area contributed by atoms with Gasteiger partial charge in [-0.25, -0.2) is 9.97 Å². The number of hydrogen-bond acceptors (Lipinski definition) is 5. The minimum atomic E-state index is -0.172. The van der Waals surface area contributed by atoms with E-state index in [4.69, 9.17) is 5.73 Å². The number of piperidine rings is 1. The molecule has 5 nitrogen and oxygen atoms in total. The Labute approximate surface area is 115 Å². The lowest BCUT2D eigenvalue weighted by Crippen LogP contribution is -2.39. The smallest absolute Gasteiger partial charge is 0.223 e. The minimum Gasteiger partial charge on any atom is -0.348 e. The van der Waals surface area contributed by atoms with E-state index in [0.717, 1.165) is 13.1 Å². The van der Waals surface area contributed by atoms with Crippen LogP contribution in [0.15, 0.2) is 12.4 Å². The summed E-state index contributed by atoms with van der Waals surface area (Å²) < 4.78 is 0. The molecule has 1 fully saturated rings. The highest BCUT2D eigenvalue weighted by atomic mass is 15.1. The van der Waals surface area contributed by atoms with Crippen molar-refractivity contribution in [3.8, 4) is 0 Å². The number of hydrogen-bond donors (Lipinski definition) is 2. The molecule has 0 bridgehead atoms. The van der Waals surface area contributed by atoms with E-state index in [1.807, 2.05) is 26.2 Å². The van der Waals surface area contributed by atoms with Gasteiger partial charge in [0.05, 0.1) is 0 Å². The van der Waals surface area contributed by atoms with Gasteiger partial charge in [-0.15, -0.1) is 0 Å². The lowest BCUT2D eigenvalue weighted by Gasteiger charge is -2.29. The number of rotatable bonds is 4. The molecule has 1 aromatic rings. The third kappa shape index (κ3) is 3.88. The number of nitrogens with zero attached hydrogens (tertiary/aromatic N) is 3. The van der Waals surface area contributed by atoms with Crippen molar-refractivity contribution < 1.29 is 0 Å². The Bertz CT molecular complexity index is 393. The van der Waals surface area contributed by atoms with Gasteiger partial charge in [0.1, 0.15) is 0 Å². The van der Waals surface area contributed by atoms with Crippen molar-refractivity contribution in [3.05, 3.63) is 18.0 Å². The fourth-order valence-electron chi connectivity index (χ4n) is 2.31. The largest absolute Gasteiger partial charge is 0.348 e. The quantitative estimate of drug-likeness (QED) is 0.860. The van der Waals surface area contributed by atoms with Crippen molar-refractivity contribution in [2.24, 2.45) is 5.73 Å². The van der Waals surface area contributed by atoms with Gasteiger partial charge in [-0.05, 0) is 58.3 Å². The first kappa shape index (κ1) is 14.2. The van der Waals surface area contributed by atoms with Gasteiger partial charge >= 0.3 is 0 Å². The van der Waals surface area contributed by atoms with Crippen LogP contribution in [0.1, 0.15) is 38.2 Å². The maximum atomic E-state index is 5.69. The summed E-state index contributed by atoms with van der Waals surface area (Å²) >= 11 is 0.